The molecule has 0 aliphatic rings. The largest absolute Gasteiger partial charge is 0.370 e. The number of nitrogens with two attached hydrogens (primary N) is 1. The van der Waals surface area contributed by atoms with Crippen LogP contribution in [0.5, 0.6) is 0 Å². The van der Waals surface area contributed by atoms with Crippen molar-refractivity contribution >= 4 is 17.2 Å². The van der Waals surface area contributed by atoms with Crippen molar-refractivity contribution < 1.29 is 4.79 Å². The molecule has 0 fully saturated rings. The molecule has 1 rings (SSSR count). The van der Waals surface area contributed by atoms with Gasteiger partial charge in [0.1, 0.15) is 0 Å². The van der Waals surface area contributed by atoms with Crippen molar-refractivity contribution in [2.45, 2.75) is 32.7 Å². The molecule has 84 valence electrons. The molecule has 1 aromatic rings. The number of aryl methyl sites for hydroxylation is 1. The molecular weight excluding hydrogens is 208 g/mol. The first-order valence-electron chi connectivity index (χ1n) is 5.22. The van der Waals surface area contributed by atoms with Crippen LogP contribution >= 0.6 is 11.3 Å². The van der Waals surface area contributed by atoms with Gasteiger partial charge in [0.2, 0.25) is 5.91 Å². The molecule has 0 spiro atoms. The van der Waals surface area contributed by atoms with Gasteiger partial charge in [0.25, 0.3) is 0 Å². The minimum absolute atomic E-state index is 0.205. The molecule has 1 heterocycles. The van der Waals surface area contributed by atoms with Gasteiger partial charge in [-0.25, -0.2) is 0 Å². The monoisotopic (exact) mass is 226 g/mol. The van der Waals surface area contributed by atoms with Crippen LogP contribution in [0, 0.1) is 6.92 Å². The summed E-state index contributed by atoms with van der Waals surface area (Å²) in [7, 11) is 0. The molecule has 0 radical (unpaired) electrons. The second kappa shape index (κ2) is 6.58. The number of rotatable bonds is 7. The SMILES string of the molecule is Cc1ccsc1CNCCCCC(N)=O. The molecule has 0 bridgehead atoms. The highest BCUT2D eigenvalue weighted by atomic mass is 32.1. The van der Waals surface area contributed by atoms with Crippen LogP contribution in [0.15, 0.2) is 11.4 Å². The van der Waals surface area contributed by atoms with E-state index in [9.17, 15) is 4.79 Å². The van der Waals surface area contributed by atoms with E-state index in [4.69, 9.17) is 5.73 Å². The number of nitrogens with one attached hydrogen (secondary N) is 1. The van der Waals surface area contributed by atoms with Crippen LogP contribution in [0.1, 0.15) is 29.7 Å². The predicted molar refractivity (Wildman–Crippen MR) is 63.8 cm³/mol. The molecule has 15 heavy (non-hydrogen) atoms. The Bertz CT molecular complexity index is 309. The Balaban J connectivity index is 2.03. The topological polar surface area (TPSA) is 55.1 Å². The molecular formula is C11H18N2OS. The van der Waals surface area contributed by atoms with Crippen LogP contribution < -0.4 is 11.1 Å². The highest BCUT2D eigenvalue weighted by Crippen LogP contribution is 2.14. The third-order valence-corrected chi connectivity index (χ3v) is 3.30. The molecule has 0 aliphatic heterocycles. The number of carbonyl (C=O) groups is 1. The van der Waals surface area contributed by atoms with Gasteiger partial charge >= 0.3 is 0 Å². The molecule has 3 N–H and O–H groups in total. The normalized spacial score (nSPS) is 10.5. The standard InChI is InChI=1S/C11H18N2OS/c1-9-5-7-15-10(9)8-13-6-3-2-4-11(12)14/h5,7,13H,2-4,6,8H2,1H3,(H2,12,14). The fourth-order valence-corrected chi connectivity index (χ4v) is 2.21. The lowest BCUT2D eigenvalue weighted by Crippen LogP contribution is -2.16. The van der Waals surface area contributed by atoms with Crippen molar-refractivity contribution in [3.8, 4) is 0 Å². The van der Waals surface area contributed by atoms with Crippen LogP contribution in [0.25, 0.3) is 0 Å². The maximum atomic E-state index is 10.5. The van der Waals surface area contributed by atoms with Crippen molar-refractivity contribution in [3.63, 3.8) is 0 Å². The number of amides is 1. The number of unbranched alkanes of at least 4 members (excludes halogenated alkanes) is 1. The van der Waals surface area contributed by atoms with Gasteiger partial charge in [0, 0.05) is 17.8 Å². The Morgan fingerprint density at radius 1 is 1.53 bits per heavy atom. The third kappa shape index (κ3) is 4.95. The van der Waals surface area contributed by atoms with Gasteiger partial charge in [-0.1, -0.05) is 0 Å². The van der Waals surface area contributed by atoms with Crippen molar-refractivity contribution in [2.75, 3.05) is 6.54 Å². The Kier molecular flexibility index (Phi) is 5.36. The lowest BCUT2D eigenvalue weighted by molar-refractivity contribution is -0.118. The molecule has 0 saturated heterocycles. The zero-order valence-corrected chi connectivity index (χ0v) is 9.90. The quantitative estimate of drug-likeness (QED) is 0.697. The van der Waals surface area contributed by atoms with Crippen LogP contribution in [0.4, 0.5) is 0 Å². The Hall–Kier alpha value is -0.870. The van der Waals surface area contributed by atoms with Gasteiger partial charge in [-0.15, -0.1) is 11.3 Å². The summed E-state index contributed by atoms with van der Waals surface area (Å²) in [6.45, 7) is 4.01. The van der Waals surface area contributed by atoms with Gasteiger partial charge < -0.3 is 11.1 Å². The average Bonchev–Trinajstić information content (AvgIpc) is 2.57. The van der Waals surface area contributed by atoms with E-state index >= 15 is 0 Å². The molecule has 1 amide bonds. The summed E-state index contributed by atoms with van der Waals surface area (Å²) in [5.74, 6) is -0.205. The minimum atomic E-state index is -0.205. The summed E-state index contributed by atoms with van der Waals surface area (Å²) in [4.78, 5) is 11.9. The fraction of sp³-hybridized carbons (Fsp3) is 0.545. The predicted octanol–water partition coefficient (Wildman–Crippen LogP) is 1.80. The Labute approximate surface area is 94.7 Å². The number of carbonyl (C=O) groups excluding carboxylic acids is 1. The maximum Gasteiger partial charge on any atom is 0.217 e. The van der Waals surface area contributed by atoms with Crippen molar-refractivity contribution in [2.24, 2.45) is 5.73 Å². The van der Waals surface area contributed by atoms with Crippen molar-refractivity contribution in [1.29, 1.82) is 0 Å². The number of hydrogen-bond donors (Lipinski definition) is 2. The molecule has 0 atom stereocenters. The number of thiophene rings is 1. The molecule has 0 aliphatic carbocycles. The molecule has 1 aromatic heterocycles. The zero-order valence-electron chi connectivity index (χ0n) is 9.08. The van der Waals surface area contributed by atoms with Crippen LogP contribution in [-0.4, -0.2) is 12.5 Å². The van der Waals surface area contributed by atoms with Gasteiger partial charge in [0.15, 0.2) is 0 Å². The summed E-state index contributed by atoms with van der Waals surface area (Å²) in [5, 5.41) is 5.47. The summed E-state index contributed by atoms with van der Waals surface area (Å²) in [5.41, 5.74) is 6.40. The van der Waals surface area contributed by atoms with E-state index in [1.165, 1.54) is 10.4 Å². The Morgan fingerprint density at radius 2 is 2.33 bits per heavy atom. The Morgan fingerprint density at radius 3 is 2.93 bits per heavy atom. The van der Waals surface area contributed by atoms with Crippen molar-refractivity contribution in [1.82, 2.24) is 5.32 Å². The summed E-state index contributed by atoms with van der Waals surface area (Å²) < 4.78 is 0. The smallest absolute Gasteiger partial charge is 0.217 e. The fourth-order valence-electron chi connectivity index (χ4n) is 1.34. The van der Waals surface area contributed by atoms with Gasteiger partial charge in [-0.2, -0.15) is 0 Å². The van der Waals surface area contributed by atoms with Crippen LogP contribution in [0.3, 0.4) is 0 Å². The second-order valence-corrected chi connectivity index (χ2v) is 4.63. The van der Waals surface area contributed by atoms with Gasteiger partial charge in [-0.05, 0) is 43.3 Å². The maximum absolute atomic E-state index is 10.5. The first-order valence-corrected chi connectivity index (χ1v) is 6.10. The molecule has 0 unspecified atom stereocenters. The van der Waals surface area contributed by atoms with Crippen LogP contribution in [0.2, 0.25) is 0 Å². The molecule has 0 aromatic carbocycles. The van der Waals surface area contributed by atoms with E-state index in [-0.39, 0.29) is 5.91 Å². The molecule has 4 heteroatoms. The number of primary amides is 1. The third-order valence-electron chi connectivity index (χ3n) is 2.28. The first kappa shape index (κ1) is 12.2. The summed E-state index contributed by atoms with van der Waals surface area (Å²) in [6, 6.07) is 2.13. The van der Waals surface area contributed by atoms with Gasteiger partial charge in [-0.3, -0.25) is 4.79 Å². The van der Waals surface area contributed by atoms with E-state index in [0.717, 1.165) is 25.9 Å². The highest BCUT2D eigenvalue weighted by Gasteiger charge is 1.98. The minimum Gasteiger partial charge on any atom is -0.370 e. The van der Waals surface area contributed by atoms with E-state index in [2.05, 4.69) is 23.7 Å². The second-order valence-electron chi connectivity index (χ2n) is 3.63. The lowest BCUT2D eigenvalue weighted by Gasteiger charge is -2.03. The molecule has 0 saturated carbocycles. The van der Waals surface area contributed by atoms with E-state index in [1.807, 2.05) is 0 Å². The molecule has 3 nitrogen and oxygen atoms in total. The summed E-state index contributed by atoms with van der Waals surface area (Å²) in [6.07, 6.45) is 2.39. The lowest BCUT2D eigenvalue weighted by atomic mass is 10.2. The van der Waals surface area contributed by atoms with Crippen LogP contribution in [-0.2, 0) is 11.3 Å². The zero-order chi connectivity index (χ0) is 11.1. The van der Waals surface area contributed by atoms with E-state index in [0.29, 0.717) is 6.42 Å². The van der Waals surface area contributed by atoms with Gasteiger partial charge in [0.05, 0.1) is 0 Å². The first-order chi connectivity index (χ1) is 7.20. The van der Waals surface area contributed by atoms with Crippen molar-refractivity contribution in [3.05, 3.63) is 21.9 Å². The van der Waals surface area contributed by atoms with E-state index in [1.54, 1.807) is 11.3 Å². The summed E-state index contributed by atoms with van der Waals surface area (Å²) >= 11 is 1.78. The van der Waals surface area contributed by atoms with E-state index < -0.39 is 0 Å². The number of hydrogen-bond acceptors (Lipinski definition) is 3. The average molecular weight is 226 g/mol. The highest BCUT2D eigenvalue weighted by molar-refractivity contribution is 7.10.